The number of anilines is 1. The number of aryl methyl sites for hydroxylation is 2. The molecule has 0 atom stereocenters. The van der Waals surface area contributed by atoms with Crippen LogP contribution < -0.4 is 5.73 Å². The van der Waals surface area contributed by atoms with Crippen LogP contribution in [0.5, 0.6) is 0 Å². The number of rotatable bonds is 2. The van der Waals surface area contributed by atoms with Crippen molar-refractivity contribution in [2.75, 3.05) is 5.73 Å². The first-order valence-corrected chi connectivity index (χ1v) is 6.14. The minimum Gasteiger partial charge on any atom is -0.396 e. The van der Waals surface area contributed by atoms with Gasteiger partial charge in [0.05, 0.1) is 5.69 Å². The van der Waals surface area contributed by atoms with Gasteiger partial charge >= 0.3 is 0 Å². The van der Waals surface area contributed by atoms with Gasteiger partial charge in [-0.2, -0.15) is 0 Å². The zero-order valence-corrected chi connectivity index (χ0v) is 11.4. The first kappa shape index (κ1) is 13.6. The van der Waals surface area contributed by atoms with Gasteiger partial charge in [0.25, 0.3) is 0 Å². The maximum atomic E-state index is 13.4. The van der Waals surface area contributed by atoms with E-state index >= 15 is 0 Å². The lowest BCUT2D eigenvalue weighted by Crippen LogP contribution is -2.05. The van der Waals surface area contributed by atoms with E-state index in [0.29, 0.717) is 10.6 Å². The zero-order valence-electron chi connectivity index (χ0n) is 10.6. The summed E-state index contributed by atoms with van der Waals surface area (Å²) in [5, 5.41) is 0.609. The Morgan fingerprint density at radius 2 is 1.84 bits per heavy atom. The monoisotopic (exact) mass is 277 g/mol. The van der Waals surface area contributed by atoms with E-state index < -0.39 is 5.82 Å². The predicted octanol–water partition coefficient (Wildman–Crippen LogP) is 3.91. The summed E-state index contributed by atoms with van der Waals surface area (Å²) in [6, 6.07) is 7.51. The second kappa shape index (κ2) is 5.02. The first-order chi connectivity index (χ1) is 8.90. The maximum Gasteiger partial charge on any atom is 0.193 e. The molecule has 0 saturated carbocycles. The molecular weight excluding hydrogens is 265 g/mol. The molecule has 0 fully saturated rings. The molecule has 0 amide bonds. The number of nitrogens with two attached hydrogens (primary N) is 1. The van der Waals surface area contributed by atoms with Crippen LogP contribution in [0.2, 0.25) is 5.02 Å². The maximum absolute atomic E-state index is 13.4. The number of hydrogen-bond donors (Lipinski definition) is 1. The number of carbonyl (C=O) groups is 1. The van der Waals surface area contributed by atoms with Crippen molar-refractivity contribution in [3.8, 4) is 0 Å². The lowest BCUT2D eigenvalue weighted by Gasteiger charge is -2.08. The molecule has 2 nitrogen and oxygen atoms in total. The van der Waals surface area contributed by atoms with Crippen LogP contribution in [0.4, 0.5) is 10.1 Å². The van der Waals surface area contributed by atoms with Gasteiger partial charge in [0.15, 0.2) is 5.78 Å². The van der Waals surface area contributed by atoms with Gasteiger partial charge in [0.1, 0.15) is 5.82 Å². The summed E-state index contributed by atoms with van der Waals surface area (Å²) in [7, 11) is 0. The molecule has 0 aliphatic rings. The third-order valence-electron chi connectivity index (χ3n) is 3.01. The van der Waals surface area contributed by atoms with E-state index in [4.69, 9.17) is 17.3 Å². The SMILES string of the molecule is Cc1cc(C(=O)c2ccc(N)c(F)c2)c(C)cc1Cl. The van der Waals surface area contributed by atoms with Gasteiger partial charge in [0.2, 0.25) is 0 Å². The van der Waals surface area contributed by atoms with Gasteiger partial charge in [-0.05, 0) is 55.3 Å². The normalized spacial score (nSPS) is 10.5. The van der Waals surface area contributed by atoms with Crippen LogP contribution >= 0.6 is 11.6 Å². The van der Waals surface area contributed by atoms with Crippen LogP contribution in [0.3, 0.4) is 0 Å². The molecule has 2 rings (SSSR count). The van der Waals surface area contributed by atoms with E-state index in [9.17, 15) is 9.18 Å². The molecule has 2 aromatic rings. The fraction of sp³-hybridized carbons (Fsp3) is 0.133. The average molecular weight is 278 g/mol. The predicted molar refractivity (Wildman–Crippen MR) is 75.2 cm³/mol. The molecule has 0 spiro atoms. The zero-order chi connectivity index (χ0) is 14.2. The minimum absolute atomic E-state index is 0.0283. The molecule has 0 saturated heterocycles. The third kappa shape index (κ3) is 2.61. The topological polar surface area (TPSA) is 43.1 Å². The number of halogens is 2. The van der Waals surface area contributed by atoms with E-state index in [-0.39, 0.29) is 17.0 Å². The van der Waals surface area contributed by atoms with Gasteiger partial charge in [0, 0.05) is 16.1 Å². The molecule has 19 heavy (non-hydrogen) atoms. The molecule has 4 heteroatoms. The molecule has 2 aromatic carbocycles. The summed E-state index contributed by atoms with van der Waals surface area (Å²) < 4.78 is 13.4. The number of ketones is 1. The molecule has 0 radical (unpaired) electrons. The lowest BCUT2D eigenvalue weighted by molar-refractivity contribution is 0.103. The van der Waals surface area contributed by atoms with Crippen LogP contribution in [0, 0.1) is 19.7 Å². The molecule has 0 aliphatic carbocycles. The van der Waals surface area contributed by atoms with Crippen LogP contribution in [0.25, 0.3) is 0 Å². The molecule has 98 valence electrons. The molecule has 0 bridgehead atoms. The van der Waals surface area contributed by atoms with E-state index in [1.54, 1.807) is 19.1 Å². The summed E-state index contributed by atoms with van der Waals surface area (Å²) in [5.74, 6) is -0.828. The Hall–Kier alpha value is -1.87. The van der Waals surface area contributed by atoms with Crippen molar-refractivity contribution in [1.82, 2.24) is 0 Å². The Bertz CT molecular complexity index is 667. The summed E-state index contributed by atoms with van der Waals surface area (Å²) >= 11 is 5.99. The van der Waals surface area contributed by atoms with Crippen LogP contribution in [0.15, 0.2) is 30.3 Å². The van der Waals surface area contributed by atoms with E-state index in [0.717, 1.165) is 17.2 Å². The summed E-state index contributed by atoms with van der Waals surface area (Å²) in [4.78, 5) is 12.3. The molecule has 2 N–H and O–H groups in total. The highest BCUT2D eigenvalue weighted by Crippen LogP contribution is 2.23. The first-order valence-electron chi connectivity index (χ1n) is 5.76. The summed E-state index contributed by atoms with van der Waals surface area (Å²) in [5.41, 5.74) is 7.79. The van der Waals surface area contributed by atoms with Crippen molar-refractivity contribution in [3.05, 3.63) is 63.4 Å². The van der Waals surface area contributed by atoms with E-state index in [1.807, 2.05) is 6.92 Å². The van der Waals surface area contributed by atoms with E-state index in [2.05, 4.69) is 0 Å². The Labute approximate surface area is 116 Å². The van der Waals surface area contributed by atoms with Crippen LogP contribution in [-0.2, 0) is 0 Å². The Kier molecular flexibility index (Phi) is 3.58. The summed E-state index contributed by atoms with van der Waals surface area (Å²) in [6.45, 7) is 3.62. The highest BCUT2D eigenvalue weighted by atomic mass is 35.5. The van der Waals surface area contributed by atoms with Crippen LogP contribution in [-0.4, -0.2) is 5.78 Å². The Morgan fingerprint density at radius 3 is 2.47 bits per heavy atom. The Morgan fingerprint density at radius 1 is 1.16 bits per heavy atom. The second-order valence-corrected chi connectivity index (χ2v) is 4.89. The minimum atomic E-state index is -0.589. The van der Waals surface area contributed by atoms with Crippen molar-refractivity contribution >= 4 is 23.1 Å². The number of carbonyl (C=O) groups excluding carboxylic acids is 1. The molecule has 0 unspecified atom stereocenters. The third-order valence-corrected chi connectivity index (χ3v) is 3.42. The standard InChI is InChI=1S/C15H13ClFNO/c1-8-6-12(16)9(2)5-11(8)15(19)10-3-4-14(18)13(17)7-10/h3-7H,18H2,1-2H3. The number of nitrogen functional groups attached to an aromatic ring is 1. The quantitative estimate of drug-likeness (QED) is 0.668. The summed E-state index contributed by atoms with van der Waals surface area (Å²) in [6.07, 6.45) is 0. The van der Waals surface area contributed by atoms with Gasteiger partial charge in [-0.3, -0.25) is 4.79 Å². The van der Waals surface area contributed by atoms with Crippen molar-refractivity contribution in [3.63, 3.8) is 0 Å². The van der Waals surface area contributed by atoms with Gasteiger partial charge < -0.3 is 5.73 Å². The van der Waals surface area contributed by atoms with Crippen LogP contribution in [0.1, 0.15) is 27.0 Å². The number of benzene rings is 2. The molecule has 0 aliphatic heterocycles. The molecule has 0 heterocycles. The smallest absolute Gasteiger partial charge is 0.193 e. The van der Waals surface area contributed by atoms with Crippen molar-refractivity contribution < 1.29 is 9.18 Å². The highest BCUT2D eigenvalue weighted by Gasteiger charge is 2.14. The van der Waals surface area contributed by atoms with Gasteiger partial charge in [-0.25, -0.2) is 4.39 Å². The van der Waals surface area contributed by atoms with Gasteiger partial charge in [-0.1, -0.05) is 11.6 Å². The molecule has 0 aromatic heterocycles. The van der Waals surface area contributed by atoms with Gasteiger partial charge in [-0.15, -0.1) is 0 Å². The van der Waals surface area contributed by atoms with Crippen molar-refractivity contribution in [2.24, 2.45) is 0 Å². The highest BCUT2D eigenvalue weighted by molar-refractivity contribution is 6.31. The fourth-order valence-corrected chi connectivity index (χ4v) is 2.07. The lowest BCUT2D eigenvalue weighted by atomic mass is 9.97. The Balaban J connectivity index is 2.49. The largest absolute Gasteiger partial charge is 0.396 e. The number of hydrogen-bond acceptors (Lipinski definition) is 2. The van der Waals surface area contributed by atoms with Crippen molar-refractivity contribution in [1.29, 1.82) is 0 Å². The average Bonchev–Trinajstić information content (AvgIpc) is 2.36. The molecular formula is C15H13ClFNO. The van der Waals surface area contributed by atoms with Crippen molar-refractivity contribution in [2.45, 2.75) is 13.8 Å². The van der Waals surface area contributed by atoms with E-state index in [1.165, 1.54) is 12.1 Å². The second-order valence-electron chi connectivity index (χ2n) is 4.48. The fourth-order valence-electron chi connectivity index (χ4n) is 1.85.